The molecule has 0 spiro atoms. The predicted octanol–water partition coefficient (Wildman–Crippen LogP) is 5.11. The molecule has 0 saturated carbocycles. The van der Waals surface area contributed by atoms with Crippen molar-refractivity contribution in [2.45, 2.75) is 36.6 Å². The lowest BCUT2D eigenvalue weighted by molar-refractivity contribution is 0.120. The minimum absolute atomic E-state index is 0.189. The molecule has 25 heavy (non-hydrogen) atoms. The molecule has 1 aliphatic heterocycles. The molecule has 0 aromatic heterocycles. The van der Waals surface area contributed by atoms with Crippen LogP contribution in [0, 0.1) is 11.7 Å². The zero-order valence-electron chi connectivity index (χ0n) is 14.6. The minimum atomic E-state index is -1.51. The molecule has 1 atom stereocenters. The Balaban J connectivity index is 1.92. The maximum Gasteiger partial charge on any atom is 0.321 e. The zero-order chi connectivity index (χ0) is 18.4. The molecule has 0 radical (unpaired) electrons. The highest BCUT2D eigenvalue weighted by Gasteiger charge is 2.38. The van der Waals surface area contributed by atoms with Gasteiger partial charge in [-0.25, -0.2) is 13.6 Å². The molecule has 2 amide bonds. The second-order valence-electron chi connectivity index (χ2n) is 6.18. The standard InChI is InChI=1S/C19H24F2N2OS/c1-4-16(5-2)22-18(24)23-11-9-14(10-12-23)19(3,21)25-17-8-6-7-15(20)13-17/h4-8,13-14H,1,9-12H2,2-3H3,(H,22,24)/b16-5+. The number of likely N-dealkylation sites (tertiary alicyclic amines) is 1. The first-order valence-corrected chi connectivity index (χ1v) is 9.15. The molecule has 1 heterocycles. The van der Waals surface area contributed by atoms with Crippen LogP contribution in [0.4, 0.5) is 13.6 Å². The average molecular weight is 366 g/mol. The van der Waals surface area contributed by atoms with Crippen molar-refractivity contribution >= 4 is 17.8 Å². The van der Waals surface area contributed by atoms with Gasteiger partial charge in [0.25, 0.3) is 0 Å². The topological polar surface area (TPSA) is 32.3 Å². The number of piperidine rings is 1. The molecular formula is C19H24F2N2OS. The third-order valence-electron chi connectivity index (χ3n) is 4.41. The number of hydrogen-bond acceptors (Lipinski definition) is 2. The summed E-state index contributed by atoms with van der Waals surface area (Å²) in [5.41, 5.74) is 0.657. The van der Waals surface area contributed by atoms with Gasteiger partial charge in [0.1, 0.15) is 5.82 Å². The Morgan fingerprint density at radius 1 is 1.44 bits per heavy atom. The number of carbonyl (C=O) groups is 1. The molecule has 0 bridgehead atoms. The normalized spacial score (nSPS) is 18.6. The quantitative estimate of drug-likeness (QED) is 0.580. The number of allylic oxidation sites excluding steroid dienone is 2. The van der Waals surface area contributed by atoms with E-state index in [4.69, 9.17) is 0 Å². The maximum atomic E-state index is 15.1. The van der Waals surface area contributed by atoms with Gasteiger partial charge in [0.2, 0.25) is 0 Å². The first kappa shape index (κ1) is 19.5. The largest absolute Gasteiger partial charge is 0.325 e. The van der Waals surface area contributed by atoms with Gasteiger partial charge in [0.05, 0.1) is 0 Å². The zero-order valence-corrected chi connectivity index (χ0v) is 15.4. The molecule has 1 aliphatic rings. The molecule has 1 saturated heterocycles. The molecule has 1 aromatic carbocycles. The molecule has 136 valence electrons. The van der Waals surface area contributed by atoms with E-state index in [-0.39, 0.29) is 17.8 Å². The first-order valence-electron chi connectivity index (χ1n) is 8.34. The van der Waals surface area contributed by atoms with Gasteiger partial charge in [0.15, 0.2) is 5.00 Å². The van der Waals surface area contributed by atoms with Gasteiger partial charge in [-0.15, -0.1) is 0 Å². The molecule has 0 aliphatic carbocycles. The lowest BCUT2D eigenvalue weighted by Crippen LogP contribution is -2.46. The lowest BCUT2D eigenvalue weighted by Gasteiger charge is -2.37. The number of alkyl halides is 1. The van der Waals surface area contributed by atoms with Gasteiger partial charge >= 0.3 is 6.03 Å². The van der Waals surface area contributed by atoms with Crippen molar-refractivity contribution in [3.05, 3.63) is 54.5 Å². The van der Waals surface area contributed by atoms with Crippen molar-refractivity contribution in [2.24, 2.45) is 5.92 Å². The van der Waals surface area contributed by atoms with Gasteiger partial charge in [-0.3, -0.25) is 0 Å². The summed E-state index contributed by atoms with van der Waals surface area (Å²) in [6.07, 6.45) is 4.49. The molecule has 6 heteroatoms. The number of halogens is 2. The van der Waals surface area contributed by atoms with Crippen LogP contribution in [0.1, 0.15) is 26.7 Å². The molecule has 1 aromatic rings. The van der Waals surface area contributed by atoms with Gasteiger partial charge in [-0.05, 0) is 51.0 Å². The fourth-order valence-electron chi connectivity index (χ4n) is 2.89. The number of amides is 2. The highest BCUT2D eigenvalue weighted by Crippen LogP contribution is 2.44. The molecule has 3 nitrogen and oxygen atoms in total. The Labute approximate surface area is 152 Å². The van der Waals surface area contributed by atoms with Crippen LogP contribution < -0.4 is 5.32 Å². The number of carbonyl (C=O) groups excluding carboxylic acids is 1. The summed E-state index contributed by atoms with van der Waals surface area (Å²) >= 11 is 1.05. The van der Waals surface area contributed by atoms with E-state index in [2.05, 4.69) is 11.9 Å². The summed E-state index contributed by atoms with van der Waals surface area (Å²) in [6, 6.07) is 5.80. The maximum absolute atomic E-state index is 15.1. The van der Waals surface area contributed by atoms with E-state index in [0.29, 0.717) is 36.5 Å². The minimum Gasteiger partial charge on any atom is -0.325 e. The Morgan fingerprint density at radius 2 is 2.12 bits per heavy atom. The highest BCUT2D eigenvalue weighted by molar-refractivity contribution is 8.00. The van der Waals surface area contributed by atoms with Crippen LogP contribution in [0.25, 0.3) is 0 Å². The smallest absolute Gasteiger partial charge is 0.321 e. The summed E-state index contributed by atoms with van der Waals surface area (Å²) in [5.74, 6) is -0.556. The second kappa shape index (κ2) is 8.52. The SMILES string of the molecule is C=C/C(=C\C)NC(=O)N1CCC(C(C)(F)Sc2cccc(F)c2)CC1. The van der Waals surface area contributed by atoms with Crippen LogP contribution in [-0.2, 0) is 0 Å². The van der Waals surface area contributed by atoms with Crippen molar-refractivity contribution < 1.29 is 13.6 Å². The number of nitrogens with zero attached hydrogens (tertiary/aromatic N) is 1. The molecule has 1 fully saturated rings. The Kier molecular flexibility index (Phi) is 6.64. The van der Waals surface area contributed by atoms with E-state index in [9.17, 15) is 9.18 Å². The van der Waals surface area contributed by atoms with Gasteiger partial charge in [-0.2, -0.15) is 0 Å². The number of nitrogens with one attached hydrogen (secondary N) is 1. The third-order valence-corrected chi connectivity index (χ3v) is 5.63. The van der Waals surface area contributed by atoms with Crippen molar-refractivity contribution in [1.82, 2.24) is 10.2 Å². The molecule has 1 unspecified atom stereocenters. The highest BCUT2D eigenvalue weighted by atomic mass is 32.2. The van der Waals surface area contributed by atoms with Crippen LogP contribution in [0.5, 0.6) is 0 Å². The van der Waals surface area contributed by atoms with Crippen LogP contribution in [0.3, 0.4) is 0 Å². The Bertz CT molecular complexity index is 653. The Hall–Kier alpha value is -1.82. The van der Waals surface area contributed by atoms with Gasteiger partial charge in [-0.1, -0.05) is 30.5 Å². The van der Waals surface area contributed by atoms with Gasteiger partial charge < -0.3 is 10.2 Å². The Morgan fingerprint density at radius 3 is 2.68 bits per heavy atom. The van der Waals surface area contributed by atoms with Crippen LogP contribution in [-0.4, -0.2) is 29.0 Å². The number of urea groups is 1. The summed E-state index contributed by atoms with van der Waals surface area (Å²) in [7, 11) is 0. The number of thioether (sulfide) groups is 1. The second-order valence-corrected chi connectivity index (χ2v) is 7.66. The fraction of sp³-hybridized carbons (Fsp3) is 0.421. The fourth-order valence-corrected chi connectivity index (χ4v) is 4.07. The van der Waals surface area contributed by atoms with E-state index in [0.717, 1.165) is 11.8 Å². The molecule has 1 N–H and O–H groups in total. The van der Waals surface area contributed by atoms with Crippen molar-refractivity contribution in [3.63, 3.8) is 0 Å². The summed E-state index contributed by atoms with van der Waals surface area (Å²) < 4.78 is 28.4. The van der Waals surface area contributed by atoms with E-state index in [1.165, 1.54) is 12.1 Å². The summed E-state index contributed by atoms with van der Waals surface area (Å²) in [6.45, 7) is 7.99. The number of rotatable bonds is 5. The van der Waals surface area contributed by atoms with Crippen molar-refractivity contribution in [3.8, 4) is 0 Å². The van der Waals surface area contributed by atoms with Crippen LogP contribution in [0.2, 0.25) is 0 Å². The van der Waals surface area contributed by atoms with Crippen molar-refractivity contribution in [2.75, 3.05) is 13.1 Å². The molecular weight excluding hydrogens is 342 g/mol. The van der Waals surface area contributed by atoms with E-state index in [1.54, 1.807) is 36.1 Å². The lowest BCUT2D eigenvalue weighted by atomic mass is 9.92. The predicted molar refractivity (Wildman–Crippen MR) is 98.6 cm³/mol. The van der Waals surface area contributed by atoms with Gasteiger partial charge in [0, 0.05) is 29.6 Å². The first-order chi connectivity index (χ1) is 11.9. The number of hydrogen-bond donors (Lipinski definition) is 1. The average Bonchev–Trinajstić information content (AvgIpc) is 2.59. The molecule has 2 rings (SSSR count). The van der Waals surface area contributed by atoms with Crippen molar-refractivity contribution in [1.29, 1.82) is 0 Å². The summed E-state index contributed by atoms with van der Waals surface area (Å²) in [4.78, 5) is 14.5. The monoisotopic (exact) mass is 366 g/mol. The third kappa shape index (κ3) is 5.33. The van der Waals surface area contributed by atoms with E-state index < -0.39 is 5.00 Å². The summed E-state index contributed by atoms with van der Waals surface area (Å²) in [5, 5.41) is 1.27. The van der Waals surface area contributed by atoms with Crippen LogP contribution >= 0.6 is 11.8 Å². The van der Waals surface area contributed by atoms with E-state index in [1.807, 2.05) is 6.92 Å². The van der Waals surface area contributed by atoms with E-state index >= 15 is 4.39 Å². The number of benzene rings is 1. The van der Waals surface area contributed by atoms with Crippen LogP contribution in [0.15, 0.2) is 53.6 Å².